The quantitative estimate of drug-likeness (QED) is 0.633. The van der Waals surface area contributed by atoms with Gasteiger partial charge in [-0.05, 0) is 43.3 Å². The number of benzene rings is 2. The fraction of sp³-hybridized carbons (Fsp3) is 0.375. The lowest BCUT2D eigenvalue weighted by atomic mass is 10.1. The Morgan fingerprint density at radius 3 is 2.34 bits per heavy atom. The van der Waals surface area contributed by atoms with Gasteiger partial charge in [-0.3, -0.25) is 14.5 Å². The molecule has 32 heavy (non-hydrogen) atoms. The maximum Gasteiger partial charge on any atom is 0.337 e. The third kappa shape index (κ3) is 5.85. The van der Waals surface area contributed by atoms with Crippen LogP contribution in [0.1, 0.15) is 23.7 Å². The summed E-state index contributed by atoms with van der Waals surface area (Å²) in [7, 11) is 1.37. The van der Waals surface area contributed by atoms with E-state index in [1.807, 2.05) is 42.5 Å². The predicted molar refractivity (Wildman–Crippen MR) is 124 cm³/mol. The number of esters is 1. The maximum atomic E-state index is 13.1. The molecule has 1 aliphatic heterocycles. The van der Waals surface area contributed by atoms with Gasteiger partial charge < -0.3 is 20.3 Å². The van der Waals surface area contributed by atoms with Crippen LogP contribution in [0.3, 0.4) is 0 Å². The zero-order valence-electron chi connectivity index (χ0n) is 18.6. The Bertz CT molecular complexity index is 933. The van der Waals surface area contributed by atoms with Crippen LogP contribution < -0.4 is 15.5 Å². The normalized spacial score (nSPS) is 16.4. The van der Waals surface area contributed by atoms with Crippen molar-refractivity contribution in [2.45, 2.75) is 19.4 Å². The minimum Gasteiger partial charge on any atom is -0.465 e. The first-order valence-corrected chi connectivity index (χ1v) is 10.7. The van der Waals surface area contributed by atoms with Crippen LogP contribution in [0.5, 0.6) is 0 Å². The van der Waals surface area contributed by atoms with Crippen LogP contribution in [0, 0.1) is 0 Å². The highest BCUT2D eigenvalue weighted by atomic mass is 16.5. The van der Waals surface area contributed by atoms with E-state index in [1.54, 1.807) is 17.0 Å². The second-order valence-corrected chi connectivity index (χ2v) is 7.90. The molecule has 1 aliphatic rings. The van der Waals surface area contributed by atoms with Crippen LogP contribution >= 0.6 is 0 Å². The van der Waals surface area contributed by atoms with Gasteiger partial charge in [0, 0.05) is 50.0 Å². The number of piperazine rings is 1. The Balaban J connectivity index is 1.62. The summed E-state index contributed by atoms with van der Waals surface area (Å²) in [4.78, 5) is 42.1. The minimum absolute atomic E-state index is 0.0554. The van der Waals surface area contributed by atoms with Crippen molar-refractivity contribution in [2.75, 3.05) is 49.6 Å². The third-order valence-corrected chi connectivity index (χ3v) is 5.71. The van der Waals surface area contributed by atoms with Gasteiger partial charge in [-0.25, -0.2) is 4.79 Å². The summed E-state index contributed by atoms with van der Waals surface area (Å²) >= 11 is 0. The number of rotatable bonds is 8. The molecule has 0 bridgehead atoms. The number of carbonyl (C=O) groups excluding carboxylic acids is 3. The van der Waals surface area contributed by atoms with Gasteiger partial charge in [-0.1, -0.05) is 18.2 Å². The van der Waals surface area contributed by atoms with Crippen LogP contribution in [0.15, 0.2) is 54.6 Å². The molecule has 0 spiro atoms. The van der Waals surface area contributed by atoms with Gasteiger partial charge in [0.1, 0.15) is 0 Å². The Morgan fingerprint density at radius 2 is 1.75 bits per heavy atom. The lowest BCUT2D eigenvalue weighted by Crippen LogP contribution is -2.55. The number of hydrogen-bond acceptors (Lipinski definition) is 6. The van der Waals surface area contributed by atoms with Gasteiger partial charge in [0.15, 0.2) is 0 Å². The Labute approximate surface area is 188 Å². The second-order valence-electron chi connectivity index (χ2n) is 7.90. The molecule has 2 amide bonds. The minimum atomic E-state index is -0.432. The summed E-state index contributed by atoms with van der Waals surface area (Å²) in [5.74, 6) is -0.841. The lowest BCUT2D eigenvalue weighted by molar-refractivity contribution is -0.120. The van der Waals surface area contributed by atoms with Gasteiger partial charge in [0.2, 0.25) is 11.8 Å². The summed E-state index contributed by atoms with van der Waals surface area (Å²) in [6.07, 6.45) is 0.117. The molecule has 2 aromatic rings. The van der Waals surface area contributed by atoms with Crippen LogP contribution in [-0.4, -0.2) is 68.6 Å². The van der Waals surface area contributed by atoms with E-state index in [-0.39, 0.29) is 37.4 Å². The van der Waals surface area contributed by atoms with E-state index in [0.29, 0.717) is 5.56 Å². The van der Waals surface area contributed by atoms with Gasteiger partial charge in [0.25, 0.3) is 0 Å². The molecule has 0 radical (unpaired) electrons. The van der Waals surface area contributed by atoms with Crippen LogP contribution in [0.25, 0.3) is 0 Å². The molecule has 170 valence electrons. The van der Waals surface area contributed by atoms with E-state index in [4.69, 9.17) is 10.5 Å². The number of amides is 2. The molecule has 0 aliphatic carbocycles. The molecular weight excluding hydrogens is 408 g/mol. The Morgan fingerprint density at radius 1 is 1.06 bits per heavy atom. The largest absolute Gasteiger partial charge is 0.465 e. The zero-order valence-corrected chi connectivity index (χ0v) is 18.6. The van der Waals surface area contributed by atoms with E-state index in [2.05, 4.69) is 16.7 Å². The van der Waals surface area contributed by atoms with Crippen molar-refractivity contribution in [3.8, 4) is 0 Å². The van der Waals surface area contributed by atoms with E-state index in [9.17, 15) is 14.4 Å². The van der Waals surface area contributed by atoms with Crippen LogP contribution in [-0.2, 0) is 14.3 Å². The monoisotopic (exact) mass is 438 g/mol. The van der Waals surface area contributed by atoms with E-state index < -0.39 is 5.91 Å². The second kappa shape index (κ2) is 10.8. The summed E-state index contributed by atoms with van der Waals surface area (Å²) in [5, 5.41) is 0. The highest BCUT2D eigenvalue weighted by Crippen LogP contribution is 2.21. The molecular formula is C24H30N4O4. The summed E-state index contributed by atoms with van der Waals surface area (Å²) in [6, 6.07) is 16.9. The maximum absolute atomic E-state index is 13.1. The smallest absolute Gasteiger partial charge is 0.337 e. The number of primary amides is 1. The van der Waals surface area contributed by atoms with E-state index in [0.717, 1.165) is 31.0 Å². The number of nitrogens with two attached hydrogens (primary N) is 1. The first-order valence-electron chi connectivity index (χ1n) is 10.7. The molecule has 2 aromatic carbocycles. The molecule has 1 unspecified atom stereocenters. The average Bonchev–Trinajstić information content (AvgIpc) is 2.80. The molecule has 3 rings (SSSR count). The molecule has 1 heterocycles. The van der Waals surface area contributed by atoms with Crippen molar-refractivity contribution in [3.63, 3.8) is 0 Å². The fourth-order valence-electron chi connectivity index (χ4n) is 3.88. The van der Waals surface area contributed by atoms with Crippen molar-refractivity contribution < 1.29 is 19.1 Å². The Hall–Kier alpha value is -3.39. The molecule has 2 N–H and O–H groups in total. The van der Waals surface area contributed by atoms with Crippen LogP contribution in [0.4, 0.5) is 11.4 Å². The van der Waals surface area contributed by atoms with Gasteiger partial charge in [-0.15, -0.1) is 0 Å². The summed E-state index contributed by atoms with van der Waals surface area (Å²) in [5.41, 5.74) is 7.62. The standard InChI is InChI=1S/C24H30N4O4/c1-18-16-27(20-10-8-19(9-11-20)24(31)32-2)15-14-26(18)17-23(30)28(13-12-22(25)29)21-6-4-3-5-7-21/h3-11,18H,12-17H2,1-2H3,(H2,25,29). The number of ether oxygens (including phenoxy) is 1. The summed E-state index contributed by atoms with van der Waals surface area (Å²) < 4.78 is 4.75. The Kier molecular flexibility index (Phi) is 7.83. The highest BCUT2D eigenvalue weighted by Gasteiger charge is 2.27. The first kappa shape index (κ1) is 23.3. The van der Waals surface area contributed by atoms with Crippen molar-refractivity contribution in [3.05, 3.63) is 60.2 Å². The number of carbonyl (C=O) groups is 3. The molecule has 1 saturated heterocycles. The zero-order chi connectivity index (χ0) is 23.1. The SMILES string of the molecule is COC(=O)c1ccc(N2CCN(CC(=O)N(CCC(N)=O)c3ccccc3)C(C)C2)cc1. The molecule has 1 fully saturated rings. The number of methoxy groups -OCH3 is 1. The molecule has 8 heteroatoms. The number of anilines is 2. The number of para-hydroxylation sites is 1. The van der Waals surface area contributed by atoms with Crippen molar-refractivity contribution in [1.82, 2.24) is 4.90 Å². The lowest BCUT2D eigenvalue weighted by Gasteiger charge is -2.41. The van der Waals surface area contributed by atoms with E-state index >= 15 is 0 Å². The van der Waals surface area contributed by atoms with Crippen molar-refractivity contribution >= 4 is 29.2 Å². The number of nitrogens with zero attached hydrogens (tertiary/aromatic N) is 3. The fourth-order valence-corrected chi connectivity index (χ4v) is 3.88. The predicted octanol–water partition coefficient (Wildman–Crippen LogP) is 1.89. The number of hydrogen-bond donors (Lipinski definition) is 1. The first-order chi connectivity index (χ1) is 15.4. The molecule has 0 aromatic heterocycles. The van der Waals surface area contributed by atoms with E-state index in [1.165, 1.54) is 7.11 Å². The van der Waals surface area contributed by atoms with Gasteiger partial charge in [-0.2, -0.15) is 0 Å². The van der Waals surface area contributed by atoms with Gasteiger partial charge >= 0.3 is 5.97 Å². The molecule has 8 nitrogen and oxygen atoms in total. The van der Waals surface area contributed by atoms with Crippen molar-refractivity contribution in [1.29, 1.82) is 0 Å². The summed E-state index contributed by atoms with van der Waals surface area (Å²) in [6.45, 7) is 4.88. The van der Waals surface area contributed by atoms with Gasteiger partial charge in [0.05, 0.1) is 19.2 Å². The molecule has 1 atom stereocenters. The van der Waals surface area contributed by atoms with Crippen molar-refractivity contribution in [2.24, 2.45) is 5.73 Å². The van der Waals surface area contributed by atoms with Crippen LogP contribution in [0.2, 0.25) is 0 Å². The topological polar surface area (TPSA) is 96.2 Å². The third-order valence-electron chi connectivity index (χ3n) is 5.71. The average molecular weight is 439 g/mol. The molecule has 0 saturated carbocycles. The highest BCUT2D eigenvalue weighted by molar-refractivity contribution is 5.95.